The molecule has 0 amide bonds. The van der Waals surface area contributed by atoms with Crippen LogP contribution >= 0.6 is 0 Å². The van der Waals surface area contributed by atoms with Gasteiger partial charge >= 0.3 is 0 Å². The summed E-state index contributed by atoms with van der Waals surface area (Å²) >= 11 is 0. The van der Waals surface area contributed by atoms with E-state index in [0.29, 0.717) is 19.7 Å². The van der Waals surface area contributed by atoms with Crippen LogP contribution in [0.15, 0.2) is 6.20 Å². The number of nitrogens with zero attached hydrogens (tertiary/aromatic N) is 3. The van der Waals surface area contributed by atoms with E-state index in [0.717, 1.165) is 5.69 Å². The van der Waals surface area contributed by atoms with E-state index in [9.17, 15) is 5.11 Å². The highest BCUT2D eigenvalue weighted by Gasteiger charge is 2.03. The summed E-state index contributed by atoms with van der Waals surface area (Å²) in [5.41, 5.74) is 0.981. The predicted molar refractivity (Wildman–Crippen MR) is 50.6 cm³/mol. The summed E-state index contributed by atoms with van der Waals surface area (Å²) < 4.78 is 6.49. The SMILES string of the molecule is COCC(O)CNCc1cnnn1C. The van der Waals surface area contributed by atoms with E-state index in [4.69, 9.17) is 4.74 Å². The first-order valence-electron chi connectivity index (χ1n) is 4.45. The van der Waals surface area contributed by atoms with Crippen LogP contribution in [-0.4, -0.2) is 46.5 Å². The number of hydrogen-bond acceptors (Lipinski definition) is 5. The fourth-order valence-corrected chi connectivity index (χ4v) is 1.09. The predicted octanol–water partition coefficient (Wildman–Crippen LogP) is -1.09. The molecule has 1 heterocycles. The fraction of sp³-hybridized carbons (Fsp3) is 0.750. The monoisotopic (exact) mass is 200 g/mol. The van der Waals surface area contributed by atoms with E-state index in [-0.39, 0.29) is 0 Å². The maximum Gasteiger partial charge on any atom is 0.0897 e. The van der Waals surface area contributed by atoms with E-state index < -0.39 is 6.10 Å². The number of aliphatic hydroxyl groups excluding tert-OH is 1. The molecule has 6 heteroatoms. The van der Waals surface area contributed by atoms with Crippen molar-refractivity contribution in [1.29, 1.82) is 0 Å². The highest BCUT2D eigenvalue weighted by atomic mass is 16.5. The van der Waals surface area contributed by atoms with Crippen molar-refractivity contribution >= 4 is 0 Å². The molecule has 1 aromatic rings. The van der Waals surface area contributed by atoms with E-state index >= 15 is 0 Å². The van der Waals surface area contributed by atoms with Gasteiger partial charge in [-0.25, -0.2) is 0 Å². The second-order valence-electron chi connectivity index (χ2n) is 3.09. The molecule has 80 valence electrons. The minimum absolute atomic E-state index is 0.344. The molecule has 0 aliphatic heterocycles. The van der Waals surface area contributed by atoms with Gasteiger partial charge < -0.3 is 15.2 Å². The number of aliphatic hydroxyl groups is 1. The third-order valence-electron chi connectivity index (χ3n) is 1.85. The van der Waals surface area contributed by atoms with E-state index in [1.54, 1.807) is 18.0 Å². The Labute approximate surface area is 82.9 Å². The number of hydrogen-bond donors (Lipinski definition) is 2. The summed E-state index contributed by atoms with van der Waals surface area (Å²) in [6, 6.07) is 0. The van der Waals surface area contributed by atoms with Gasteiger partial charge in [0.1, 0.15) is 0 Å². The lowest BCUT2D eigenvalue weighted by molar-refractivity contribution is 0.0643. The van der Waals surface area contributed by atoms with Gasteiger partial charge in [0.25, 0.3) is 0 Å². The molecular formula is C8H16N4O2. The van der Waals surface area contributed by atoms with Gasteiger partial charge in [-0.2, -0.15) is 0 Å². The number of aromatic nitrogens is 3. The molecule has 0 radical (unpaired) electrons. The highest BCUT2D eigenvalue weighted by molar-refractivity contribution is 4.92. The van der Waals surface area contributed by atoms with Crippen molar-refractivity contribution in [2.45, 2.75) is 12.6 Å². The molecule has 0 bridgehead atoms. The Bertz CT molecular complexity index is 264. The molecular weight excluding hydrogens is 184 g/mol. The quantitative estimate of drug-likeness (QED) is 0.610. The smallest absolute Gasteiger partial charge is 0.0897 e. The lowest BCUT2D eigenvalue weighted by atomic mass is 10.3. The maximum absolute atomic E-state index is 9.32. The molecule has 2 N–H and O–H groups in total. The van der Waals surface area contributed by atoms with Gasteiger partial charge in [-0.1, -0.05) is 5.21 Å². The van der Waals surface area contributed by atoms with Crippen molar-refractivity contribution in [3.05, 3.63) is 11.9 Å². The third kappa shape index (κ3) is 3.41. The lowest BCUT2D eigenvalue weighted by Crippen LogP contribution is -2.30. The third-order valence-corrected chi connectivity index (χ3v) is 1.85. The van der Waals surface area contributed by atoms with Crippen LogP contribution in [0.5, 0.6) is 0 Å². The van der Waals surface area contributed by atoms with Crippen LogP contribution in [0, 0.1) is 0 Å². The number of aryl methyl sites for hydroxylation is 1. The van der Waals surface area contributed by atoms with Crippen molar-refractivity contribution in [2.24, 2.45) is 7.05 Å². The average molecular weight is 200 g/mol. The van der Waals surface area contributed by atoms with Crippen molar-refractivity contribution in [1.82, 2.24) is 20.3 Å². The molecule has 0 aliphatic rings. The van der Waals surface area contributed by atoms with Crippen LogP contribution in [0.4, 0.5) is 0 Å². The van der Waals surface area contributed by atoms with Crippen molar-refractivity contribution in [3.63, 3.8) is 0 Å². The Morgan fingerprint density at radius 2 is 2.50 bits per heavy atom. The zero-order valence-electron chi connectivity index (χ0n) is 8.47. The summed E-state index contributed by atoms with van der Waals surface area (Å²) in [5, 5.41) is 19.9. The number of methoxy groups -OCH3 is 1. The zero-order chi connectivity index (χ0) is 10.4. The highest BCUT2D eigenvalue weighted by Crippen LogP contribution is 1.92. The molecule has 0 aliphatic carbocycles. The summed E-state index contributed by atoms with van der Waals surface area (Å²) in [6.07, 6.45) is 1.22. The average Bonchev–Trinajstić information content (AvgIpc) is 2.52. The van der Waals surface area contributed by atoms with Gasteiger partial charge in [0.2, 0.25) is 0 Å². The maximum atomic E-state index is 9.32. The van der Waals surface area contributed by atoms with Crippen LogP contribution in [0.2, 0.25) is 0 Å². The van der Waals surface area contributed by atoms with Gasteiger partial charge in [0, 0.05) is 27.2 Å². The summed E-state index contributed by atoms with van der Waals surface area (Å²) in [5.74, 6) is 0. The van der Waals surface area contributed by atoms with E-state index in [1.165, 1.54) is 0 Å². The van der Waals surface area contributed by atoms with Crippen molar-refractivity contribution in [3.8, 4) is 0 Å². The fourth-order valence-electron chi connectivity index (χ4n) is 1.09. The normalized spacial score (nSPS) is 13.1. The first-order valence-corrected chi connectivity index (χ1v) is 4.45. The minimum atomic E-state index is -0.471. The van der Waals surface area contributed by atoms with Gasteiger partial charge in [0.15, 0.2) is 0 Å². The molecule has 0 saturated heterocycles. The van der Waals surface area contributed by atoms with Crippen LogP contribution in [0.3, 0.4) is 0 Å². The zero-order valence-corrected chi connectivity index (χ0v) is 8.47. The molecule has 0 spiro atoms. The van der Waals surface area contributed by atoms with Crippen LogP contribution in [-0.2, 0) is 18.3 Å². The molecule has 1 rings (SSSR count). The molecule has 1 aromatic heterocycles. The Hall–Kier alpha value is -0.980. The van der Waals surface area contributed by atoms with Crippen LogP contribution < -0.4 is 5.32 Å². The van der Waals surface area contributed by atoms with Gasteiger partial charge in [0.05, 0.1) is 24.6 Å². The molecule has 0 saturated carbocycles. The Balaban J connectivity index is 2.19. The van der Waals surface area contributed by atoms with Crippen LogP contribution in [0.1, 0.15) is 5.69 Å². The van der Waals surface area contributed by atoms with E-state index in [1.807, 2.05) is 7.05 Å². The summed E-state index contributed by atoms with van der Waals surface area (Å²) in [6.45, 7) is 1.49. The van der Waals surface area contributed by atoms with Crippen LogP contribution in [0.25, 0.3) is 0 Å². The lowest BCUT2D eigenvalue weighted by Gasteiger charge is -2.10. The standard InChI is InChI=1S/C8H16N4O2/c1-12-7(4-10-11-12)3-9-5-8(13)6-14-2/h4,8-9,13H,3,5-6H2,1-2H3. The largest absolute Gasteiger partial charge is 0.389 e. The number of nitrogens with one attached hydrogen (secondary N) is 1. The van der Waals surface area contributed by atoms with E-state index in [2.05, 4.69) is 15.6 Å². The molecule has 14 heavy (non-hydrogen) atoms. The Kier molecular flexibility index (Phi) is 4.51. The van der Waals surface area contributed by atoms with Gasteiger partial charge in [-0.3, -0.25) is 4.68 Å². The number of ether oxygens (including phenoxy) is 1. The summed E-state index contributed by atoms with van der Waals surface area (Å²) in [4.78, 5) is 0. The second-order valence-corrected chi connectivity index (χ2v) is 3.09. The summed E-state index contributed by atoms with van der Waals surface area (Å²) in [7, 11) is 3.39. The molecule has 0 fully saturated rings. The molecule has 1 atom stereocenters. The van der Waals surface area contributed by atoms with Gasteiger partial charge in [-0.05, 0) is 0 Å². The topological polar surface area (TPSA) is 72.2 Å². The Morgan fingerprint density at radius 1 is 1.71 bits per heavy atom. The second kappa shape index (κ2) is 5.69. The molecule has 0 aromatic carbocycles. The Morgan fingerprint density at radius 3 is 3.07 bits per heavy atom. The number of rotatable bonds is 6. The molecule has 6 nitrogen and oxygen atoms in total. The van der Waals surface area contributed by atoms with Crippen molar-refractivity contribution < 1.29 is 9.84 Å². The van der Waals surface area contributed by atoms with Gasteiger partial charge in [-0.15, -0.1) is 5.10 Å². The van der Waals surface area contributed by atoms with Crippen molar-refractivity contribution in [2.75, 3.05) is 20.3 Å². The first-order chi connectivity index (χ1) is 6.74. The minimum Gasteiger partial charge on any atom is -0.389 e. The molecule has 1 unspecified atom stereocenters. The first kappa shape index (κ1) is 11.1.